The Kier molecular flexibility index (Phi) is 5.73. The molecule has 0 radical (unpaired) electrons. The molecule has 19 heavy (non-hydrogen) atoms. The lowest BCUT2D eigenvalue weighted by atomic mass is 10.3. The van der Waals surface area contributed by atoms with Crippen LogP contribution in [0.25, 0.3) is 0 Å². The lowest BCUT2D eigenvalue weighted by molar-refractivity contribution is -0.130. The summed E-state index contributed by atoms with van der Waals surface area (Å²) < 4.78 is 30.9. The molecule has 0 aliphatic heterocycles. The average Bonchev–Trinajstić information content (AvgIpc) is 2.38. The van der Waals surface area contributed by atoms with E-state index in [1.165, 1.54) is 11.0 Å². The molecule has 0 aliphatic carbocycles. The van der Waals surface area contributed by atoms with Crippen molar-refractivity contribution in [1.82, 2.24) is 4.90 Å². The van der Waals surface area contributed by atoms with Gasteiger partial charge in [0.25, 0.3) is 0 Å². The van der Waals surface area contributed by atoms with Crippen molar-refractivity contribution in [3.63, 3.8) is 0 Å². The number of halogens is 2. The Labute approximate surface area is 110 Å². The van der Waals surface area contributed by atoms with Crippen LogP contribution in [0.1, 0.15) is 12.8 Å². The van der Waals surface area contributed by atoms with E-state index >= 15 is 0 Å². The van der Waals surface area contributed by atoms with Crippen LogP contribution in [0.4, 0.5) is 8.78 Å². The number of ether oxygens (including phenoxy) is 1. The normalized spacial score (nSPS) is 9.79. The number of nitrogens with zero attached hydrogens (tertiary/aromatic N) is 2. The van der Waals surface area contributed by atoms with Crippen LogP contribution in [0, 0.1) is 23.0 Å². The minimum atomic E-state index is -0.801. The first-order valence-corrected chi connectivity index (χ1v) is 5.73. The van der Waals surface area contributed by atoms with Crippen LogP contribution >= 0.6 is 0 Å². The fourth-order valence-corrected chi connectivity index (χ4v) is 1.37. The molecule has 0 N–H and O–H groups in total. The van der Waals surface area contributed by atoms with Crippen molar-refractivity contribution in [1.29, 1.82) is 5.26 Å². The number of carbonyl (C=O) groups excluding carboxylic acids is 1. The minimum absolute atomic E-state index is 0.00171. The molecular formula is C13H14F2N2O2. The van der Waals surface area contributed by atoms with Crippen LogP contribution < -0.4 is 4.74 Å². The molecule has 0 unspecified atom stereocenters. The van der Waals surface area contributed by atoms with Gasteiger partial charge in [-0.05, 0) is 12.1 Å². The lowest BCUT2D eigenvalue weighted by Crippen LogP contribution is -2.28. The van der Waals surface area contributed by atoms with E-state index in [2.05, 4.69) is 0 Å². The fourth-order valence-electron chi connectivity index (χ4n) is 1.37. The molecule has 1 amide bonds. The highest BCUT2D eigenvalue weighted by Crippen LogP contribution is 2.17. The van der Waals surface area contributed by atoms with Gasteiger partial charge in [-0.25, -0.2) is 8.78 Å². The molecule has 0 spiro atoms. The summed E-state index contributed by atoms with van der Waals surface area (Å²) in [6, 6.07) is 4.91. The minimum Gasteiger partial charge on any atom is -0.490 e. The molecule has 0 saturated heterocycles. The highest BCUT2D eigenvalue weighted by atomic mass is 19.1. The quantitative estimate of drug-likeness (QED) is 0.794. The molecule has 0 fully saturated rings. The molecule has 0 saturated carbocycles. The Morgan fingerprint density at radius 1 is 1.47 bits per heavy atom. The predicted molar refractivity (Wildman–Crippen MR) is 64.3 cm³/mol. The standard InChI is InChI=1S/C13H14F2N2O2/c1-17(7-2-6-16)13(18)5-8-19-12-4-3-10(14)9-11(12)15/h3-4,9H,2,5,7-8H2,1H3. The van der Waals surface area contributed by atoms with E-state index in [0.29, 0.717) is 6.54 Å². The fraction of sp³-hybridized carbons (Fsp3) is 0.385. The summed E-state index contributed by atoms with van der Waals surface area (Å²) >= 11 is 0. The number of amides is 1. The Hall–Kier alpha value is -2.16. The van der Waals surface area contributed by atoms with Gasteiger partial charge in [0, 0.05) is 19.7 Å². The number of nitriles is 1. The van der Waals surface area contributed by atoms with Crippen LogP contribution in [0.5, 0.6) is 5.75 Å². The summed E-state index contributed by atoms with van der Waals surface area (Å²) in [5.74, 6) is -1.77. The molecule has 6 heteroatoms. The van der Waals surface area contributed by atoms with Gasteiger partial charge in [0.15, 0.2) is 11.6 Å². The lowest BCUT2D eigenvalue weighted by Gasteiger charge is -2.15. The summed E-state index contributed by atoms with van der Waals surface area (Å²) in [6.45, 7) is 0.346. The first kappa shape index (κ1) is 14.9. The molecule has 0 aliphatic rings. The van der Waals surface area contributed by atoms with Crippen molar-refractivity contribution in [2.75, 3.05) is 20.2 Å². The largest absolute Gasteiger partial charge is 0.490 e. The van der Waals surface area contributed by atoms with Gasteiger partial charge in [-0.15, -0.1) is 0 Å². The monoisotopic (exact) mass is 268 g/mol. The average molecular weight is 268 g/mol. The molecule has 0 heterocycles. The van der Waals surface area contributed by atoms with E-state index in [1.54, 1.807) is 7.05 Å². The molecule has 0 atom stereocenters. The first-order chi connectivity index (χ1) is 9.04. The van der Waals surface area contributed by atoms with Crippen LogP contribution in [0.15, 0.2) is 18.2 Å². The number of benzene rings is 1. The first-order valence-electron chi connectivity index (χ1n) is 5.73. The number of carbonyl (C=O) groups is 1. The van der Waals surface area contributed by atoms with E-state index in [4.69, 9.17) is 10.00 Å². The third-order valence-electron chi connectivity index (χ3n) is 2.45. The van der Waals surface area contributed by atoms with Gasteiger partial charge >= 0.3 is 0 Å². The van der Waals surface area contributed by atoms with Crippen molar-refractivity contribution >= 4 is 5.91 Å². The van der Waals surface area contributed by atoms with Crippen molar-refractivity contribution in [2.24, 2.45) is 0 Å². The van der Waals surface area contributed by atoms with E-state index in [0.717, 1.165) is 12.1 Å². The van der Waals surface area contributed by atoms with E-state index in [1.807, 2.05) is 6.07 Å². The van der Waals surface area contributed by atoms with Gasteiger partial charge < -0.3 is 9.64 Å². The predicted octanol–water partition coefficient (Wildman–Crippen LogP) is 2.11. The van der Waals surface area contributed by atoms with Gasteiger partial charge in [-0.3, -0.25) is 4.79 Å². The van der Waals surface area contributed by atoms with Gasteiger partial charge in [-0.1, -0.05) is 0 Å². The third-order valence-corrected chi connectivity index (χ3v) is 2.45. The second-order valence-electron chi connectivity index (χ2n) is 3.90. The zero-order chi connectivity index (χ0) is 14.3. The number of hydrogen-bond donors (Lipinski definition) is 0. The number of rotatable bonds is 6. The molecule has 4 nitrogen and oxygen atoms in total. The summed E-state index contributed by atoms with van der Waals surface area (Å²) in [5, 5.41) is 8.39. The maximum absolute atomic E-state index is 13.2. The highest BCUT2D eigenvalue weighted by Gasteiger charge is 2.10. The number of hydrogen-bond acceptors (Lipinski definition) is 3. The van der Waals surface area contributed by atoms with E-state index in [9.17, 15) is 13.6 Å². The topological polar surface area (TPSA) is 53.3 Å². The zero-order valence-corrected chi connectivity index (χ0v) is 10.5. The third kappa shape index (κ3) is 4.92. The summed E-state index contributed by atoms with van der Waals surface area (Å²) in [7, 11) is 1.58. The van der Waals surface area contributed by atoms with Crippen molar-refractivity contribution < 1.29 is 18.3 Å². The Balaban J connectivity index is 2.38. The van der Waals surface area contributed by atoms with Gasteiger partial charge in [0.2, 0.25) is 5.91 Å². The maximum atomic E-state index is 13.2. The summed E-state index contributed by atoms with van der Waals surface area (Å²) in [5.41, 5.74) is 0. The van der Waals surface area contributed by atoms with Gasteiger partial charge in [0.1, 0.15) is 5.82 Å². The van der Waals surface area contributed by atoms with E-state index in [-0.39, 0.29) is 31.1 Å². The molecule has 1 rings (SSSR count). The van der Waals surface area contributed by atoms with Gasteiger partial charge in [0.05, 0.1) is 25.5 Å². The van der Waals surface area contributed by atoms with Gasteiger partial charge in [-0.2, -0.15) is 5.26 Å². The smallest absolute Gasteiger partial charge is 0.225 e. The molecule has 0 aromatic heterocycles. The van der Waals surface area contributed by atoms with Crippen molar-refractivity contribution in [3.8, 4) is 11.8 Å². The van der Waals surface area contributed by atoms with Crippen LogP contribution in [0.2, 0.25) is 0 Å². The molecule has 1 aromatic rings. The second-order valence-corrected chi connectivity index (χ2v) is 3.90. The Morgan fingerprint density at radius 3 is 2.84 bits per heavy atom. The highest BCUT2D eigenvalue weighted by molar-refractivity contribution is 5.75. The molecule has 102 valence electrons. The second kappa shape index (κ2) is 7.31. The maximum Gasteiger partial charge on any atom is 0.225 e. The van der Waals surface area contributed by atoms with E-state index < -0.39 is 11.6 Å². The summed E-state index contributed by atoms with van der Waals surface area (Å²) in [4.78, 5) is 13.0. The molecule has 1 aromatic carbocycles. The molecule has 0 bridgehead atoms. The van der Waals surface area contributed by atoms with Crippen LogP contribution in [0.3, 0.4) is 0 Å². The summed E-state index contributed by atoms with van der Waals surface area (Å²) in [6.07, 6.45) is 0.328. The van der Waals surface area contributed by atoms with Crippen LogP contribution in [-0.2, 0) is 4.79 Å². The molecular weight excluding hydrogens is 254 g/mol. The zero-order valence-electron chi connectivity index (χ0n) is 10.5. The Morgan fingerprint density at radius 2 is 2.21 bits per heavy atom. The SMILES string of the molecule is CN(CCC#N)C(=O)CCOc1ccc(F)cc1F. The van der Waals surface area contributed by atoms with Crippen LogP contribution in [-0.4, -0.2) is 31.0 Å². The Bertz CT molecular complexity index is 486. The van der Waals surface area contributed by atoms with Crippen molar-refractivity contribution in [3.05, 3.63) is 29.8 Å². The van der Waals surface area contributed by atoms with Crippen molar-refractivity contribution in [2.45, 2.75) is 12.8 Å².